The maximum Gasteiger partial charge on any atom is 0.256 e. The van der Waals surface area contributed by atoms with Gasteiger partial charge >= 0.3 is 0 Å². The number of thiazole rings is 1. The Bertz CT molecular complexity index is 2000. The van der Waals surface area contributed by atoms with E-state index in [1.165, 1.54) is 22.5 Å². The highest BCUT2D eigenvalue weighted by molar-refractivity contribution is 7.10. The van der Waals surface area contributed by atoms with E-state index in [4.69, 9.17) is 39.7 Å². The number of amides is 1. The molecule has 0 radical (unpaired) electrons. The van der Waals surface area contributed by atoms with E-state index in [2.05, 4.69) is 73.1 Å². The maximum atomic E-state index is 13.5. The minimum atomic E-state index is -0.880. The second-order valence-corrected chi connectivity index (χ2v) is 17.6. The number of hydrogen-bond donors (Lipinski definition) is 2. The monoisotopic (exact) mass is 878 g/mol. The van der Waals surface area contributed by atoms with Crippen molar-refractivity contribution < 1.29 is 28.8 Å². The number of pyridine rings is 1. The van der Waals surface area contributed by atoms with Crippen molar-refractivity contribution in [1.82, 2.24) is 29.9 Å². The Balaban J connectivity index is 0.00000176. The van der Waals surface area contributed by atoms with Crippen molar-refractivity contribution in [2.24, 2.45) is 11.1 Å². The molecule has 6 heterocycles. The number of piperidine rings is 1. The second kappa shape index (κ2) is 23.6. The Kier molecular flexibility index (Phi) is 18.9. The Labute approximate surface area is 374 Å². The summed E-state index contributed by atoms with van der Waals surface area (Å²) in [5.41, 5.74) is 18.2. The summed E-state index contributed by atoms with van der Waals surface area (Å²) >= 11 is 1.48. The van der Waals surface area contributed by atoms with Crippen LogP contribution in [0.2, 0.25) is 0 Å². The molecule has 3 saturated heterocycles. The van der Waals surface area contributed by atoms with E-state index < -0.39 is 12.1 Å². The van der Waals surface area contributed by atoms with Crippen molar-refractivity contribution in [1.29, 1.82) is 0 Å². The van der Waals surface area contributed by atoms with Crippen LogP contribution in [0.15, 0.2) is 35.8 Å². The van der Waals surface area contributed by atoms with Gasteiger partial charge in [0.25, 0.3) is 5.91 Å². The molecule has 1 amide bonds. The first kappa shape index (κ1) is 49.7. The fraction of sp³-hybridized carbons (Fsp3) is 0.646. The zero-order valence-electron chi connectivity index (χ0n) is 39.4. The van der Waals surface area contributed by atoms with E-state index in [1.54, 1.807) is 19.2 Å². The molecule has 3 N–H and O–H groups in total. The lowest BCUT2D eigenvalue weighted by Crippen LogP contribution is -2.55. The number of aryl methyl sites for hydroxylation is 1. The average molecular weight is 878 g/mol. The molecule has 344 valence electrons. The molecule has 14 heteroatoms. The van der Waals surface area contributed by atoms with E-state index in [0.717, 1.165) is 111 Å². The maximum absolute atomic E-state index is 13.5. The lowest BCUT2D eigenvalue weighted by atomic mass is 9.83. The van der Waals surface area contributed by atoms with Crippen molar-refractivity contribution in [3.8, 4) is 22.5 Å². The quantitative estimate of drug-likeness (QED) is 0.0777. The predicted molar refractivity (Wildman–Crippen MR) is 250 cm³/mol. The van der Waals surface area contributed by atoms with Crippen molar-refractivity contribution in [3.05, 3.63) is 57.7 Å². The molecular weight excluding hydrogens is 803 g/mol. The predicted octanol–water partition coefficient (Wildman–Crippen LogP) is 8.86. The van der Waals surface area contributed by atoms with Crippen molar-refractivity contribution in [2.75, 3.05) is 66.8 Å². The van der Waals surface area contributed by atoms with Crippen LogP contribution in [-0.2, 0) is 41.7 Å². The van der Waals surface area contributed by atoms with Crippen molar-refractivity contribution in [2.45, 2.75) is 131 Å². The standard InChI is InChI=1S/C44H63N7O6S.2C2H6/c1-8-50-37-13-12-30(36-26-58-42(48-36)41(56-9-2)38(45)43(52)51-17-11-10-16-47-51)20-33(37)35(22-44(4,5)27-57-54-7)40(50)34-21-31(23-46-39(34)28(3)53-6)29-14-18-49(19-15-29)32-24-55-25-32;2*1-2/h12-13,20-21,23,26,28-29,32,38,41,47H,8-11,14-19,22,24-25,27,45H2,1-7H3;2*1-2H3/t28-,38-,41-;;/m0../s1. The zero-order valence-corrected chi connectivity index (χ0v) is 40.2. The molecule has 3 fully saturated rings. The van der Waals surface area contributed by atoms with Crippen LogP contribution in [0.1, 0.15) is 128 Å². The summed E-state index contributed by atoms with van der Waals surface area (Å²) in [7, 11) is 3.31. The molecule has 0 saturated carbocycles. The van der Waals surface area contributed by atoms with Gasteiger partial charge in [-0.3, -0.25) is 19.7 Å². The highest BCUT2D eigenvalue weighted by atomic mass is 32.1. The molecule has 3 atom stereocenters. The number of nitrogens with zero attached hydrogens (tertiary/aromatic N) is 5. The molecule has 1 aromatic carbocycles. The van der Waals surface area contributed by atoms with Crippen LogP contribution in [0.4, 0.5) is 0 Å². The molecular formula is C48H75N7O6S. The molecule has 7 rings (SSSR count). The lowest BCUT2D eigenvalue weighted by Gasteiger charge is -2.41. The fourth-order valence-corrected chi connectivity index (χ4v) is 9.68. The van der Waals surface area contributed by atoms with Crippen LogP contribution >= 0.6 is 11.3 Å². The third-order valence-corrected chi connectivity index (χ3v) is 13.1. The number of methoxy groups -OCH3 is 1. The summed E-state index contributed by atoms with van der Waals surface area (Å²) in [4.78, 5) is 37.0. The van der Waals surface area contributed by atoms with Crippen LogP contribution in [0.25, 0.3) is 33.4 Å². The minimum Gasteiger partial charge on any atom is -0.378 e. The van der Waals surface area contributed by atoms with Gasteiger partial charge in [-0.15, -0.1) is 11.3 Å². The highest BCUT2D eigenvalue weighted by Gasteiger charge is 2.35. The molecule has 0 bridgehead atoms. The molecule has 0 unspecified atom stereocenters. The lowest BCUT2D eigenvalue weighted by molar-refractivity contribution is -0.287. The van der Waals surface area contributed by atoms with Gasteiger partial charge in [-0.1, -0.05) is 47.6 Å². The largest absolute Gasteiger partial charge is 0.378 e. The smallest absolute Gasteiger partial charge is 0.256 e. The molecule has 3 aliphatic rings. The minimum absolute atomic E-state index is 0.176. The number of carbonyl (C=O) groups excluding carboxylic acids is 1. The van der Waals surface area contributed by atoms with Gasteiger partial charge in [0.2, 0.25) is 0 Å². The first-order chi connectivity index (χ1) is 30.1. The number of hydrazine groups is 1. The summed E-state index contributed by atoms with van der Waals surface area (Å²) in [5.74, 6) is 0.250. The number of nitrogens with one attached hydrogen (secondary N) is 1. The summed E-state index contributed by atoms with van der Waals surface area (Å²) in [6.07, 6.45) is 6.11. The number of aromatic nitrogens is 3. The van der Waals surface area contributed by atoms with Gasteiger partial charge in [-0.2, -0.15) is 0 Å². The van der Waals surface area contributed by atoms with E-state index >= 15 is 0 Å². The molecule has 4 aromatic rings. The van der Waals surface area contributed by atoms with Gasteiger partial charge in [0.1, 0.15) is 17.2 Å². The Morgan fingerprint density at radius 1 is 1.06 bits per heavy atom. The van der Waals surface area contributed by atoms with E-state index in [1.807, 2.05) is 40.0 Å². The first-order valence-corrected chi connectivity index (χ1v) is 24.0. The number of carbonyl (C=O) groups is 1. The summed E-state index contributed by atoms with van der Waals surface area (Å²) in [6.45, 7) is 25.5. The van der Waals surface area contributed by atoms with Crippen LogP contribution in [0.5, 0.6) is 0 Å². The highest BCUT2D eigenvalue weighted by Crippen LogP contribution is 2.43. The zero-order chi connectivity index (χ0) is 45.0. The molecule has 0 aliphatic carbocycles. The molecule has 13 nitrogen and oxygen atoms in total. The normalized spacial score (nSPS) is 18.0. The summed E-state index contributed by atoms with van der Waals surface area (Å²) in [6, 6.07) is 8.71. The first-order valence-electron chi connectivity index (χ1n) is 23.1. The van der Waals surface area contributed by atoms with Gasteiger partial charge in [0, 0.05) is 67.0 Å². The molecule has 0 spiro atoms. The van der Waals surface area contributed by atoms with Crippen molar-refractivity contribution >= 4 is 28.1 Å². The fourth-order valence-electron chi connectivity index (χ4n) is 8.76. The van der Waals surface area contributed by atoms with E-state index in [0.29, 0.717) is 36.7 Å². The Morgan fingerprint density at radius 3 is 2.42 bits per heavy atom. The summed E-state index contributed by atoms with van der Waals surface area (Å²) < 4.78 is 20.0. The number of hydrogen-bond acceptors (Lipinski definition) is 12. The van der Waals surface area contributed by atoms with Crippen LogP contribution in [-0.4, -0.2) is 109 Å². The summed E-state index contributed by atoms with van der Waals surface area (Å²) in [5, 5.41) is 5.52. The third-order valence-electron chi connectivity index (χ3n) is 12.2. The third kappa shape index (κ3) is 11.3. The van der Waals surface area contributed by atoms with Gasteiger partial charge in [0.15, 0.2) is 0 Å². The average Bonchev–Trinajstić information content (AvgIpc) is 3.90. The topological polar surface area (TPSA) is 138 Å². The molecule has 3 aromatic heterocycles. The van der Waals surface area contributed by atoms with Gasteiger partial charge in [-0.05, 0) is 107 Å². The van der Waals surface area contributed by atoms with Gasteiger partial charge in [0.05, 0.1) is 56.2 Å². The number of rotatable bonds is 17. The molecule has 62 heavy (non-hydrogen) atoms. The van der Waals surface area contributed by atoms with Gasteiger partial charge in [-0.25, -0.2) is 20.2 Å². The van der Waals surface area contributed by atoms with Crippen LogP contribution < -0.4 is 11.2 Å². The van der Waals surface area contributed by atoms with E-state index in [-0.39, 0.29) is 17.4 Å². The van der Waals surface area contributed by atoms with Gasteiger partial charge < -0.3 is 24.5 Å². The van der Waals surface area contributed by atoms with Crippen LogP contribution in [0.3, 0.4) is 0 Å². The molecule has 3 aliphatic heterocycles. The van der Waals surface area contributed by atoms with E-state index in [9.17, 15) is 4.79 Å². The Hall–Kier alpha value is -3.31. The number of benzene rings is 1. The van der Waals surface area contributed by atoms with Crippen molar-refractivity contribution in [3.63, 3.8) is 0 Å². The number of fused-ring (bicyclic) bond motifs is 1. The Morgan fingerprint density at radius 2 is 1.81 bits per heavy atom. The number of ether oxygens (including phenoxy) is 3. The SMILES string of the molecule is CC.CC.CCO[C@H](c1nc(-c2ccc3c(c2)c(CC(C)(C)COOC)c(-c2cc(C4CCN(C5COC5)CC4)cnc2[C@H](C)OC)n3CC)cs1)[C@H](N)C(=O)N1CCCCN1. The second-order valence-electron chi connectivity index (χ2n) is 16.7. The number of nitrogens with two attached hydrogens (primary N) is 1. The van der Waals surface area contributed by atoms with Crippen LogP contribution in [0, 0.1) is 5.41 Å². The number of likely N-dealkylation sites (tertiary alicyclic amines) is 1.